The number of nitriles is 1. The van der Waals surface area contributed by atoms with Gasteiger partial charge in [-0.15, -0.1) is 11.3 Å². The summed E-state index contributed by atoms with van der Waals surface area (Å²) in [5, 5.41) is 12.7. The molecule has 98 valence electrons. The van der Waals surface area contributed by atoms with Gasteiger partial charge in [0.25, 0.3) is 5.89 Å². The van der Waals surface area contributed by atoms with Crippen LogP contribution in [0.1, 0.15) is 4.88 Å². The zero-order chi connectivity index (χ0) is 13.9. The second-order valence-electron chi connectivity index (χ2n) is 3.64. The van der Waals surface area contributed by atoms with Gasteiger partial charge in [-0.1, -0.05) is 5.16 Å². The van der Waals surface area contributed by atoms with Crippen LogP contribution >= 0.6 is 11.3 Å². The maximum absolute atomic E-state index is 8.80. The van der Waals surface area contributed by atoms with E-state index in [-0.39, 0.29) is 0 Å². The minimum atomic E-state index is 0.340. The molecule has 20 heavy (non-hydrogen) atoms. The molecule has 3 heterocycles. The lowest BCUT2D eigenvalue weighted by Crippen LogP contribution is -1.91. The van der Waals surface area contributed by atoms with Crippen molar-refractivity contribution >= 4 is 11.3 Å². The summed E-state index contributed by atoms with van der Waals surface area (Å²) < 4.78 is 10.2. The SMILES string of the molecule is COc1cc(-c2noc(-c3ccc(C#N)s3)n2)ncn1. The van der Waals surface area contributed by atoms with Crippen molar-refractivity contribution in [1.82, 2.24) is 20.1 Å². The molecular weight excluding hydrogens is 278 g/mol. The highest BCUT2D eigenvalue weighted by Gasteiger charge is 2.14. The molecule has 0 saturated heterocycles. The fourth-order valence-corrected chi connectivity index (χ4v) is 2.24. The van der Waals surface area contributed by atoms with Crippen molar-refractivity contribution in [2.24, 2.45) is 0 Å². The lowest BCUT2D eigenvalue weighted by Gasteiger charge is -1.97. The third kappa shape index (κ3) is 2.22. The number of rotatable bonds is 3. The summed E-state index contributed by atoms with van der Waals surface area (Å²) in [6.07, 6.45) is 1.36. The average Bonchev–Trinajstić information content (AvgIpc) is 3.15. The van der Waals surface area contributed by atoms with E-state index in [9.17, 15) is 0 Å². The molecule has 0 saturated carbocycles. The van der Waals surface area contributed by atoms with Gasteiger partial charge in [-0.05, 0) is 12.1 Å². The van der Waals surface area contributed by atoms with Gasteiger partial charge in [0.15, 0.2) is 0 Å². The molecule has 0 atom stereocenters. The van der Waals surface area contributed by atoms with Crippen molar-refractivity contribution in [3.05, 3.63) is 29.4 Å². The summed E-state index contributed by atoms with van der Waals surface area (Å²) >= 11 is 1.29. The van der Waals surface area contributed by atoms with Gasteiger partial charge >= 0.3 is 0 Å². The Morgan fingerprint density at radius 2 is 2.25 bits per heavy atom. The molecule has 0 unspecified atom stereocenters. The van der Waals surface area contributed by atoms with Gasteiger partial charge in [-0.2, -0.15) is 10.2 Å². The van der Waals surface area contributed by atoms with Crippen LogP contribution in [0.2, 0.25) is 0 Å². The van der Waals surface area contributed by atoms with Crippen molar-refractivity contribution in [2.45, 2.75) is 0 Å². The predicted molar refractivity (Wildman–Crippen MR) is 69.9 cm³/mol. The molecule has 0 amide bonds. The zero-order valence-electron chi connectivity index (χ0n) is 10.3. The standard InChI is InChI=1S/C12H7N5O2S/c1-18-10-4-8(14-6-15-10)11-16-12(19-17-11)9-3-2-7(5-13)20-9/h2-4,6H,1H3. The molecule has 3 aromatic heterocycles. The Hall–Kier alpha value is -2.79. The summed E-state index contributed by atoms with van der Waals surface area (Å²) in [6, 6.07) is 7.15. The number of ether oxygens (including phenoxy) is 1. The monoisotopic (exact) mass is 285 g/mol. The first-order valence-electron chi connectivity index (χ1n) is 5.50. The molecule has 0 fully saturated rings. The summed E-state index contributed by atoms with van der Waals surface area (Å²) in [6.45, 7) is 0. The normalized spacial score (nSPS) is 10.2. The molecule has 0 radical (unpaired) electrons. The van der Waals surface area contributed by atoms with E-state index in [4.69, 9.17) is 14.5 Å². The molecule has 0 bridgehead atoms. The van der Waals surface area contributed by atoms with E-state index in [2.05, 4.69) is 26.2 Å². The second-order valence-corrected chi connectivity index (χ2v) is 4.73. The van der Waals surface area contributed by atoms with E-state index in [0.717, 1.165) is 4.88 Å². The number of hydrogen-bond donors (Lipinski definition) is 0. The maximum atomic E-state index is 8.80. The second kappa shape index (κ2) is 5.07. The predicted octanol–water partition coefficient (Wildman–Crippen LogP) is 2.14. The van der Waals surface area contributed by atoms with E-state index in [0.29, 0.717) is 28.2 Å². The first-order chi connectivity index (χ1) is 9.80. The molecule has 0 aromatic carbocycles. The Kier molecular flexibility index (Phi) is 3.10. The lowest BCUT2D eigenvalue weighted by atomic mass is 10.4. The largest absolute Gasteiger partial charge is 0.481 e. The van der Waals surface area contributed by atoms with Crippen molar-refractivity contribution < 1.29 is 9.26 Å². The molecule has 0 N–H and O–H groups in total. The number of methoxy groups -OCH3 is 1. The zero-order valence-corrected chi connectivity index (χ0v) is 11.1. The first-order valence-corrected chi connectivity index (χ1v) is 6.32. The Balaban J connectivity index is 1.95. The van der Waals surface area contributed by atoms with E-state index in [1.807, 2.05) is 0 Å². The van der Waals surface area contributed by atoms with Crippen LogP contribution in [0.4, 0.5) is 0 Å². The van der Waals surface area contributed by atoms with Gasteiger partial charge < -0.3 is 9.26 Å². The van der Waals surface area contributed by atoms with Gasteiger partial charge in [0.1, 0.15) is 23.0 Å². The van der Waals surface area contributed by atoms with Gasteiger partial charge in [0.05, 0.1) is 12.0 Å². The van der Waals surface area contributed by atoms with Crippen LogP contribution < -0.4 is 4.74 Å². The van der Waals surface area contributed by atoms with Crippen LogP contribution in [0.3, 0.4) is 0 Å². The fraction of sp³-hybridized carbons (Fsp3) is 0.0833. The summed E-state index contributed by atoms with van der Waals surface area (Å²) in [4.78, 5) is 13.5. The van der Waals surface area contributed by atoms with Gasteiger partial charge in [0.2, 0.25) is 11.7 Å². The molecule has 0 aliphatic rings. The van der Waals surface area contributed by atoms with Crippen LogP contribution in [0.25, 0.3) is 22.3 Å². The first kappa shape index (κ1) is 12.3. The molecule has 0 aliphatic heterocycles. The molecule has 0 spiro atoms. The number of nitrogens with zero attached hydrogens (tertiary/aromatic N) is 5. The minimum Gasteiger partial charge on any atom is -0.481 e. The molecule has 0 aliphatic carbocycles. The van der Waals surface area contributed by atoms with Crippen LogP contribution in [0.15, 0.2) is 29.0 Å². The van der Waals surface area contributed by atoms with Gasteiger partial charge in [-0.25, -0.2) is 9.97 Å². The topological polar surface area (TPSA) is 97.7 Å². The van der Waals surface area contributed by atoms with Crippen LogP contribution in [0, 0.1) is 11.3 Å². The molecular formula is C12H7N5O2S. The summed E-state index contributed by atoms with van der Waals surface area (Å²) in [5.41, 5.74) is 0.504. The minimum absolute atomic E-state index is 0.340. The average molecular weight is 285 g/mol. The summed E-state index contributed by atoms with van der Waals surface area (Å²) in [5.74, 6) is 1.11. The van der Waals surface area contributed by atoms with Crippen molar-refractivity contribution in [2.75, 3.05) is 7.11 Å². The number of thiophene rings is 1. The molecule has 8 heteroatoms. The van der Waals surface area contributed by atoms with Crippen molar-refractivity contribution in [1.29, 1.82) is 5.26 Å². The third-order valence-corrected chi connectivity index (χ3v) is 3.41. The Morgan fingerprint density at radius 3 is 3.00 bits per heavy atom. The molecule has 3 rings (SSSR count). The van der Waals surface area contributed by atoms with Crippen LogP contribution in [0.5, 0.6) is 5.88 Å². The van der Waals surface area contributed by atoms with Gasteiger partial charge in [0, 0.05) is 6.07 Å². The highest BCUT2D eigenvalue weighted by atomic mass is 32.1. The van der Waals surface area contributed by atoms with E-state index in [1.165, 1.54) is 24.8 Å². The summed E-state index contributed by atoms with van der Waals surface area (Å²) in [7, 11) is 1.52. The number of aromatic nitrogens is 4. The van der Waals surface area contributed by atoms with Crippen molar-refractivity contribution in [3.8, 4) is 34.2 Å². The van der Waals surface area contributed by atoms with Crippen LogP contribution in [-0.4, -0.2) is 27.2 Å². The number of hydrogen-bond acceptors (Lipinski definition) is 8. The van der Waals surface area contributed by atoms with E-state index >= 15 is 0 Å². The quantitative estimate of drug-likeness (QED) is 0.727. The molecule has 3 aromatic rings. The third-order valence-electron chi connectivity index (χ3n) is 2.43. The van der Waals surface area contributed by atoms with E-state index < -0.39 is 0 Å². The highest BCUT2D eigenvalue weighted by Crippen LogP contribution is 2.28. The Bertz CT molecular complexity index is 789. The van der Waals surface area contributed by atoms with Crippen molar-refractivity contribution in [3.63, 3.8) is 0 Å². The lowest BCUT2D eigenvalue weighted by molar-refractivity contribution is 0.397. The Morgan fingerprint density at radius 1 is 1.35 bits per heavy atom. The smallest absolute Gasteiger partial charge is 0.268 e. The molecule has 7 nitrogen and oxygen atoms in total. The maximum Gasteiger partial charge on any atom is 0.268 e. The van der Waals surface area contributed by atoms with Crippen LogP contribution in [-0.2, 0) is 0 Å². The highest BCUT2D eigenvalue weighted by molar-refractivity contribution is 7.15. The van der Waals surface area contributed by atoms with E-state index in [1.54, 1.807) is 18.2 Å². The fourth-order valence-electron chi connectivity index (χ4n) is 1.51. The Labute approximate surface area is 117 Å². The van der Waals surface area contributed by atoms with Gasteiger partial charge in [-0.3, -0.25) is 0 Å².